The normalized spacial score (nSPS) is 18.6. The number of hydrogen-bond donors (Lipinski definition) is 0. The van der Waals surface area contributed by atoms with Crippen LogP contribution in [0.2, 0.25) is 0 Å². The molecule has 0 aromatic rings. The van der Waals surface area contributed by atoms with Gasteiger partial charge in [-0.05, 0) is 17.9 Å². The Morgan fingerprint density at radius 1 is 1.07 bits per heavy atom. The molecule has 1 aliphatic rings. The van der Waals surface area contributed by atoms with Gasteiger partial charge in [-0.3, -0.25) is 0 Å². The minimum atomic E-state index is 0.328. The lowest BCUT2D eigenvalue weighted by Crippen LogP contribution is -2.15. The SMILES string of the molecule is COCCOCCOC1SCCCS1. The van der Waals surface area contributed by atoms with E-state index in [1.165, 1.54) is 17.9 Å². The van der Waals surface area contributed by atoms with E-state index in [0.717, 1.165) is 0 Å². The van der Waals surface area contributed by atoms with Gasteiger partial charge in [0.05, 0.1) is 26.4 Å². The van der Waals surface area contributed by atoms with Crippen molar-refractivity contribution in [2.24, 2.45) is 0 Å². The van der Waals surface area contributed by atoms with E-state index < -0.39 is 0 Å². The summed E-state index contributed by atoms with van der Waals surface area (Å²) < 4.78 is 16.1. The second kappa shape index (κ2) is 8.85. The van der Waals surface area contributed by atoms with Crippen LogP contribution in [0.15, 0.2) is 0 Å². The number of hydrogen-bond acceptors (Lipinski definition) is 5. The molecule has 1 saturated heterocycles. The summed E-state index contributed by atoms with van der Waals surface area (Å²) in [6.07, 6.45) is 1.31. The molecule has 0 saturated carbocycles. The van der Waals surface area contributed by atoms with Gasteiger partial charge in [-0.25, -0.2) is 0 Å². The summed E-state index contributed by atoms with van der Waals surface area (Å²) in [4.78, 5) is 0. The lowest BCUT2D eigenvalue weighted by molar-refractivity contribution is 0.0312. The van der Waals surface area contributed by atoms with Gasteiger partial charge < -0.3 is 14.2 Å². The first-order valence-corrected chi connectivity index (χ1v) is 6.94. The average molecular weight is 238 g/mol. The van der Waals surface area contributed by atoms with Crippen LogP contribution in [-0.4, -0.2) is 49.8 Å². The molecule has 0 amide bonds. The van der Waals surface area contributed by atoms with Crippen LogP contribution < -0.4 is 0 Å². The monoisotopic (exact) mass is 238 g/mol. The Kier molecular flexibility index (Phi) is 8.00. The van der Waals surface area contributed by atoms with Crippen molar-refractivity contribution in [3.05, 3.63) is 0 Å². The van der Waals surface area contributed by atoms with E-state index >= 15 is 0 Å². The van der Waals surface area contributed by atoms with E-state index in [2.05, 4.69) is 0 Å². The first kappa shape index (κ1) is 12.6. The number of ether oxygens (including phenoxy) is 3. The lowest BCUT2D eigenvalue weighted by atomic mass is 10.6. The topological polar surface area (TPSA) is 27.7 Å². The van der Waals surface area contributed by atoms with Crippen molar-refractivity contribution in [2.75, 3.05) is 45.0 Å². The van der Waals surface area contributed by atoms with Crippen molar-refractivity contribution in [3.63, 3.8) is 0 Å². The fourth-order valence-corrected chi connectivity index (χ4v) is 3.55. The molecule has 0 aliphatic carbocycles. The molecule has 0 aromatic heterocycles. The van der Waals surface area contributed by atoms with Gasteiger partial charge in [-0.2, -0.15) is 0 Å². The third-order valence-corrected chi connectivity index (χ3v) is 4.39. The number of rotatable bonds is 7. The molecular weight excluding hydrogens is 220 g/mol. The molecule has 0 aromatic carbocycles. The summed E-state index contributed by atoms with van der Waals surface area (Å²) >= 11 is 3.78. The van der Waals surface area contributed by atoms with E-state index in [0.29, 0.717) is 31.2 Å². The zero-order chi connectivity index (χ0) is 10.1. The van der Waals surface area contributed by atoms with Crippen molar-refractivity contribution in [1.29, 1.82) is 0 Å². The first-order valence-electron chi connectivity index (χ1n) is 4.85. The smallest absolute Gasteiger partial charge is 0.149 e. The van der Waals surface area contributed by atoms with Crippen LogP contribution >= 0.6 is 23.5 Å². The average Bonchev–Trinajstić information content (AvgIpc) is 2.25. The molecule has 1 rings (SSSR count). The van der Waals surface area contributed by atoms with Crippen LogP contribution in [0.4, 0.5) is 0 Å². The van der Waals surface area contributed by atoms with E-state index in [1.54, 1.807) is 7.11 Å². The van der Waals surface area contributed by atoms with Crippen molar-refractivity contribution < 1.29 is 14.2 Å². The van der Waals surface area contributed by atoms with Crippen LogP contribution in [0.5, 0.6) is 0 Å². The van der Waals surface area contributed by atoms with E-state index in [1.807, 2.05) is 23.5 Å². The van der Waals surface area contributed by atoms with Crippen molar-refractivity contribution in [1.82, 2.24) is 0 Å². The highest BCUT2D eigenvalue weighted by molar-refractivity contribution is 8.17. The van der Waals surface area contributed by atoms with Crippen LogP contribution in [0.25, 0.3) is 0 Å². The van der Waals surface area contributed by atoms with Crippen molar-refractivity contribution >= 4 is 23.5 Å². The summed E-state index contributed by atoms with van der Waals surface area (Å²) in [5.41, 5.74) is 0. The molecule has 5 heteroatoms. The second-order valence-corrected chi connectivity index (χ2v) is 5.50. The van der Waals surface area contributed by atoms with E-state index in [-0.39, 0.29) is 0 Å². The maximum atomic E-state index is 5.62. The fourth-order valence-electron chi connectivity index (χ4n) is 1.01. The second-order valence-electron chi connectivity index (χ2n) is 2.86. The van der Waals surface area contributed by atoms with Gasteiger partial charge in [-0.1, -0.05) is 0 Å². The molecule has 0 unspecified atom stereocenters. The Labute approximate surface area is 94.2 Å². The fraction of sp³-hybridized carbons (Fsp3) is 1.00. The first-order chi connectivity index (χ1) is 6.93. The summed E-state index contributed by atoms with van der Waals surface area (Å²) in [7, 11) is 1.68. The minimum Gasteiger partial charge on any atom is -0.382 e. The number of thioether (sulfide) groups is 2. The molecule has 0 N–H and O–H groups in total. The van der Waals surface area contributed by atoms with E-state index in [9.17, 15) is 0 Å². The third kappa shape index (κ3) is 6.14. The lowest BCUT2D eigenvalue weighted by Gasteiger charge is -2.20. The maximum Gasteiger partial charge on any atom is 0.149 e. The van der Waals surface area contributed by atoms with Crippen molar-refractivity contribution in [3.8, 4) is 0 Å². The largest absolute Gasteiger partial charge is 0.382 e. The quantitative estimate of drug-likeness (QED) is 0.631. The Morgan fingerprint density at radius 2 is 1.79 bits per heavy atom. The molecule has 0 spiro atoms. The Morgan fingerprint density at radius 3 is 2.50 bits per heavy atom. The molecular formula is C9H18O3S2. The summed E-state index contributed by atoms with van der Waals surface area (Å²) in [6.45, 7) is 2.67. The minimum absolute atomic E-state index is 0.328. The Hall–Kier alpha value is 0.580. The van der Waals surface area contributed by atoms with Crippen LogP contribution in [0.1, 0.15) is 6.42 Å². The van der Waals surface area contributed by atoms with Gasteiger partial charge >= 0.3 is 0 Å². The molecule has 0 radical (unpaired) electrons. The maximum absolute atomic E-state index is 5.62. The van der Waals surface area contributed by atoms with Gasteiger partial charge in [0.15, 0.2) is 0 Å². The van der Waals surface area contributed by atoms with Gasteiger partial charge in [0.25, 0.3) is 0 Å². The van der Waals surface area contributed by atoms with Crippen LogP contribution in [0.3, 0.4) is 0 Å². The summed E-state index contributed by atoms with van der Waals surface area (Å²) in [5.74, 6) is 2.45. The van der Waals surface area contributed by atoms with Gasteiger partial charge in [0, 0.05) is 7.11 Å². The van der Waals surface area contributed by atoms with Crippen LogP contribution in [0, 0.1) is 0 Å². The zero-order valence-corrected chi connectivity index (χ0v) is 10.2. The highest BCUT2D eigenvalue weighted by Gasteiger charge is 2.13. The van der Waals surface area contributed by atoms with Gasteiger partial charge in [-0.15, -0.1) is 23.5 Å². The predicted molar refractivity (Wildman–Crippen MR) is 62.0 cm³/mol. The molecule has 14 heavy (non-hydrogen) atoms. The molecule has 0 bridgehead atoms. The van der Waals surface area contributed by atoms with Gasteiger partial charge in [0.2, 0.25) is 0 Å². The molecule has 1 aliphatic heterocycles. The van der Waals surface area contributed by atoms with Crippen molar-refractivity contribution in [2.45, 2.75) is 11.2 Å². The van der Waals surface area contributed by atoms with Crippen LogP contribution in [-0.2, 0) is 14.2 Å². The highest BCUT2D eigenvalue weighted by Crippen LogP contribution is 2.30. The molecule has 1 fully saturated rings. The molecule has 1 heterocycles. The van der Waals surface area contributed by atoms with E-state index in [4.69, 9.17) is 14.2 Å². The number of methoxy groups -OCH3 is 1. The Bertz CT molecular complexity index is 129. The summed E-state index contributed by atoms with van der Waals surface area (Å²) in [5, 5.41) is 0. The predicted octanol–water partition coefficient (Wildman–Crippen LogP) is 1.82. The Balaban J connectivity index is 1.82. The summed E-state index contributed by atoms with van der Waals surface area (Å²) in [6, 6.07) is 0. The highest BCUT2D eigenvalue weighted by atomic mass is 32.2. The zero-order valence-electron chi connectivity index (χ0n) is 8.57. The molecule has 84 valence electrons. The standard InChI is InChI=1S/C9H18O3S2/c1-10-3-4-11-5-6-12-9-13-7-2-8-14-9/h9H,2-8H2,1H3. The van der Waals surface area contributed by atoms with Gasteiger partial charge in [0.1, 0.15) is 4.77 Å². The third-order valence-electron chi connectivity index (χ3n) is 1.71. The molecule has 0 atom stereocenters. The molecule has 3 nitrogen and oxygen atoms in total.